The Morgan fingerprint density at radius 3 is 2.22 bits per heavy atom. The van der Waals surface area contributed by atoms with E-state index >= 15 is 0 Å². The van der Waals surface area contributed by atoms with Crippen molar-refractivity contribution in [1.29, 1.82) is 0 Å². The Kier molecular flexibility index (Phi) is 11.2. The Bertz CT molecular complexity index is 1030. The molecule has 5 N–H and O–H groups in total. The van der Waals surface area contributed by atoms with Crippen LogP contribution in [0.4, 0.5) is 0 Å². The van der Waals surface area contributed by atoms with Crippen LogP contribution in [-0.2, 0) is 30.4 Å². The highest BCUT2D eigenvalue weighted by Crippen LogP contribution is 2.25. The first-order valence-corrected chi connectivity index (χ1v) is 11.8. The van der Waals surface area contributed by atoms with Crippen molar-refractivity contribution in [2.75, 3.05) is 33.0 Å². The Hall–Kier alpha value is -3.57. The highest BCUT2D eigenvalue weighted by atomic mass is 16.5. The molecule has 11 nitrogen and oxygen atoms in total. The predicted molar refractivity (Wildman–Crippen MR) is 137 cm³/mol. The maximum Gasteiger partial charge on any atom is 0.257 e. The zero-order chi connectivity index (χ0) is 26.7. The summed E-state index contributed by atoms with van der Waals surface area (Å²) in [6.45, 7) is 8.77. The summed E-state index contributed by atoms with van der Waals surface area (Å²) in [7, 11) is 0. The van der Waals surface area contributed by atoms with Crippen LogP contribution in [-0.4, -0.2) is 67.3 Å². The van der Waals surface area contributed by atoms with Crippen molar-refractivity contribution in [3.05, 3.63) is 46.5 Å². The molecule has 36 heavy (non-hydrogen) atoms. The highest BCUT2D eigenvalue weighted by Gasteiger charge is 2.36. The molecule has 1 heterocycles. The number of nitrogens with one attached hydrogen (secondary N) is 1. The summed E-state index contributed by atoms with van der Waals surface area (Å²) in [6.07, 6.45) is 0.216. The van der Waals surface area contributed by atoms with Gasteiger partial charge in [0.1, 0.15) is 5.84 Å². The van der Waals surface area contributed by atoms with Crippen molar-refractivity contribution in [2.24, 2.45) is 27.6 Å². The standard InChI is InChI=1S/C25H36N6O5/c1-16(2)22-17(3)24(33)31(25(22)34)10-12-36-14-13-35-11-9-21(32)28-15-19-5-7-20(8-6-19)23(27)30-29-18(4)26/h5-8,16H,9-15H2,1-4H3,(H2,26,29)(H2,27,30)(H,28,32). The van der Waals surface area contributed by atoms with E-state index in [0.717, 1.165) is 5.56 Å². The molecule has 2 rings (SSSR count). The molecule has 0 saturated heterocycles. The Morgan fingerprint density at radius 2 is 1.64 bits per heavy atom. The molecule has 1 aromatic carbocycles. The van der Waals surface area contributed by atoms with Crippen LogP contribution in [0.25, 0.3) is 0 Å². The van der Waals surface area contributed by atoms with Crippen molar-refractivity contribution < 1.29 is 23.9 Å². The number of carbonyl (C=O) groups excluding carboxylic acids is 3. The number of nitrogens with two attached hydrogens (primary N) is 2. The van der Waals surface area contributed by atoms with Crippen LogP contribution in [0.5, 0.6) is 0 Å². The molecule has 0 atom stereocenters. The second kappa shape index (κ2) is 14.1. The van der Waals surface area contributed by atoms with Gasteiger partial charge in [0.2, 0.25) is 5.91 Å². The Labute approximate surface area is 211 Å². The van der Waals surface area contributed by atoms with Gasteiger partial charge in [-0.25, -0.2) is 0 Å². The minimum absolute atomic E-state index is 0.00416. The quantitative estimate of drug-likeness (QED) is 0.113. The first-order valence-electron chi connectivity index (χ1n) is 11.8. The molecular weight excluding hydrogens is 464 g/mol. The molecule has 0 saturated carbocycles. The van der Waals surface area contributed by atoms with E-state index in [9.17, 15) is 14.4 Å². The fourth-order valence-corrected chi connectivity index (χ4v) is 3.51. The lowest BCUT2D eigenvalue weighted by atomic mass is 10.00. The van der Waals surface area contributed by atoms with E-state index in [1.807, 2.05) is 26.0 Å². The summed E-state index contributed by atoms with van der Waals surface area (Å²) in [4.78, 5) is 37.9. The molecule has 1 aliphatic rings. The molecule has 0 fully saturated rings. The Balaban J connectivity index is 1.56. The van der Waals surface area contributed by atoms with Crippen LogP contribution in [0.2, 0.25) is 0 Å². The fraction of sp³-hybridized carbons (Fsp3) is 0.480. The number of nitrogens with zero attached hydrogens (tertiary/aromatic N) is 3. The molecule has 0 aromatic heterocycles. The van der Waals surface area contributed by atoms with Gasteiger partial charge in [-0.2, -0.15) is 0 Å². The van der Waals surface area contributed by atoms with Crippen LogP contribution in [0, 0.1) is 5.92 Å². The lowest BCUT2D eigenvalue weighted by Gasteiger charge is -2.15. The number of benzene rings is 1. The number of hydrogen-bond acceptors (Lipinski definition) is 7. The SMILES string of the molecule is CC1=C(C(C)C)C(=O)N(CCOCCOCCC(=O)NCc2ccc(/C(N)=N/N=C(/C)N)cc2)C1=O. The smallest absolute Gasteiger partial charge is 0.257 e. The zero-order valence-electron chi connectivity index (χ0n) is 21.4. The highest BCUT2D eigenvalue weighted by molar-refractivity contribution is 6.19. The third-order valence-corrected chi connectivity index (χ3v) is 5.38. The number of imide groups is 1. The minimum atomic E-state index is -0.254. The van der Waals surface area contributed by atoms with Gasteiger partial charge in [0.15, 0.2) is 5.84 Å². The topological polar surface area (TPSA) is 162 Å². The number of ether oxygens (including phenoxy) is 2. The van der Waals surface area contributed by atoms with Crippen molar-refractivity contribution >= 4 is 29.4 Å². The maximum atomic E-state index is 12.4. The summed E-state index contributed by atoms with van der Waals surface area (Å²) in [5.74, 6) is -0.0554. The number of carbonyl (C=O) groups is 3. The maximum absolute atomic E-state index is 12.4. The van der Waals surface area contributed by atoms with Gasteiger partial charge < -0.3 is 26.3 Å². The van der Waals surface area contributed by atoms with E-state index in [1.54, 1.807) is 26.0 Å². The van der Waals surface area contributed by atoms with Crippen molar-refractivity contribution in [1.82, 2.24) is 10.2 Å². The summed E-state index contributed by atoms with van der Waals surface area (Å²) < 4.78 is 10.9. The van der Waals surface area contributed by atoms with E-state index in [4.69, 9.17) is 20.9 Å². The molecule has 0 spiro atoms. The zero-order valence-corrected chi connectivity index (χ0v) is 21.4. The molecule has 1 aromatic rings. The van der Waals surface area contributed by atoms with Crippen molar-refractivity contribution in [3.8, 4) is 0 Å². The van der Waals surface area contributed by atoms with Gasteiger partial charge in [-0.15, -0.1) is 10.2 Å². The lowest BCUT2D eigenvalue weighted by Crippen LogP contribution is -2.35. The van der Waals surface area contributed by atoms with Crippen LogP contribution in [0.15, 0.2) is 45.6 Å². The monoisotopic (exact) mass is 500 g/mol. The van der Waals surface area contributed by atoms with E-state index in [1.165, 1.54) is 4.90 Å². The summed E-state index contributed by atoms with van der Waals surface area (Å²) in [5, 5.41) is 10.4. The van der Waals surface area contributed by atoms with Gasteiger partial charge in [-0.05, 0) is 25.3 Å². The summed E-state index contributed by atoms with van der Waals surface area (Å²) in [6, 6.07) is 7.27. The van der Waals surface area contributed by atoms with Gasteiger partial charge in [0, 0.05) is 29.7 Å². The minimum Gasteiger partial charge on any atom is -0.386 e. The van der Waals surface area contributed by atoms with Crippen molar-refractivity contribution in [2.45, 2.75) is 40.7 Å². The average Bonchev–Trinajstić information content (AvgIpc) is 3.05. The molecule has 0 bridgehead atoms. The number of rotatable bonds is 14. The van der Waals surface area contributed by atoms with Gasteiger partial charge >= 0.3 is 0 Å². The number of hydrogen-bond donors (Lipinski definition) is 3. The molecule has 3 amide bonds. The fourth-order valence-electron chi connectivity index (χ4n) is 3.51. The van der Waals surface area contributed by atoms with Gasteiger partial charge in [0.25, 0.3) is 11.8 Å². The molecule has 1 aliphatic heterocycles. The molecule has 196 valence electrons. The van der Waals surface area contributed by atoms with Crippen LogP contribution in [0.3, 0.4) is 0 Å². The largest absolute Gasteiger partial charge is 0.386 e. The second-order valence-corrected chi connectivity index (χ2v) is 8.63. The third kappa shape index (κ3) is 8.58. The van der Waals surface area contributed by atoms with Crippen LogP contribution in [0.1, 0.15) is 45.2 Å². The number of amidine groups is 2. The molecular formula is C25H36N6O5. The van der Waals surface area contributed by atoms with Crippen LogP contribution >= 0.6 is 0 Å². The number of amides is 3. The summed E-state index contributed by atoms with van der Waals surface area (Å²) in [5.41, 5.74) is 14.0. The predicted octanol–water partition coefficient (Wildman–Crippen LogP) is 1.06. The second-order valence-electron chi connectivity index (χ2n) is 8.63. The molecule has 11 heteroatoms. The van der Waals surface area contributed by atoms with E-state index < -0.39 is 0 Å². The van der Waals surface area contributed by atoms with Gasteiger partial charge in [-0.1, -0.05) is 38.1 Å². The average molecular weight is 501 g/mol. The normalized spacial score (nSPS) is 14.9. The van der Waals surface area contributed by atoms with Gasteiger partial charge in [0.05, 0.1) is 33.0 Å². The summed E-state index contributed by atoms with van der Waals surface area (Å²) >= 11 is 0. The van der Waals surface area contributed by atoms with Crippen molar-refractivity contribution in [3.63, 3.8) is 0 Å². The Morgan fingerprint density at radius 1 is 1.00 bits per heavy atom. The molecule has 0 radical (unpaired) electrons. The third-order valence-electron chi connectivity index (χ3n) is 5.38. The first-order chi connectivity index (χ1) is 17.1. The first kappa shape index (κ1) is 28.7. The van der Waals surface area contributed by atoms with E-state index in [2.05, 4.69) is 15.5 Å². The van der Waals surface area contributed by atoms with Gasteiger partial charge in [-0.3, -0.25) is 19.3 Å². The lowest BCUT2D eigenvalue weighted by molar-refractivity contribution is -0.138. The molecule has 0 aliphatic carbocycles. The van der Waals surface area contributed by atoms with Crippen LogP contribution < -0.4 is 16.8 Å². The molecule has 0 unspecified atom stereocenters. The van der Waals surface area contributed by atoms with E-state index in [0.29, 0.717) is 42.3 Å². The van der Waals surface area contributed by atoms with E-state index in [-0.39, 0.29) is 55.7 Å².